The normalized spacial score (nSPS) is 10.7. The Bertz CT molecular complexity index is 579. The van der Waals surface area contributed by atoms with Gasteiger partial charge in [-0.3, -0.25) is 0 Å². The lowest BCUT2D eigenvalue weighted by Crippen LogP contribution is -1.98. The number of ether oxygens (including phenoxy) is 1. The molecule has 1 heterocycles. The van der Waals surface area contributed by atoms with Crippen LogP contribution >= 0.6 is 15.9 Å². The SMILES string of the molecule is Cc1cc(Br)ccc1Oc1c(CO)c(C)nn1C. The van der Waals surface area contributed by atoms with Crippen molar-refractivity contribution in [2.24, 2.45) is 7.05 Å². The summed E-state index contributed by atoms with van der Waals surface area (Å²) in [4.78, 5) is 0. The molecule has 2 aromatic rings. The second kappa shape index (κ2) is 5.12. The third kappa shape index (κ3) is 2.42. The van der Waals surface area contributed by atoms with Gasteiger partial charge in [-0.25, -0.2) is 4.68 Å². The van der Waals surface area contributed by atoms with E-state index in [-0.39, 0.29) is 6.61 Å². The number of hydrogen-bond donors (Lipinski definition) is 1. The molecule has 0 unspecified atom stereocenters. The lowest BCUT2D eigenvalue weighted by atomic mass is 10.2. The highest BCUT2D eigenvalue weighted by molar-refractivity contribution is 9.10. The third-order valence-electron chi connectivity index (χ3n) is 2.79. The van der Waals surface area contributed by atoms with E-state index in [1.165, 1.54) is 0 Å². The Balaban J connectivity index is 2.39. The fraction of sp³-hybridized carbons (Fsp3) is 0.308. The van der Waals surface area contributed by atoms with Crippen LogP contribution < -0.4 is 4.74 Å². The minimum absolute atomic E-state index is 0.0788. The Kier molecular flexibility index (Phi) is 3.73. The van der Waals surface area contributed by atoms with E-state index in [2.05, 4.69) is 21.0 Å². The van der Waals surface area contributed by atoms with Crippen LogP contribution in [0.4, 0.5) is 0 Å². The molecular weight excluding hydrogens is 296 g/mol. The molecule has 0 amide bonds. The van der Waals surface area contributed by atoms with Gasteiger partial charge in [0.2, 0.25) is 5.88 Å². The predicted molar refractivity (Wildman–Crippen MR) is 72.8 cm³/mol. The Hall–Kier alpha value is -1.33. The van der Waals surface area contributed by atoms with Crippen LogP contribution in [0, 0.1) is 13.8 Å². The number of rotatable bonds is 3. The highest BCUT2D eigenvalue weighted by Gasteiger charge is 2.15. The van der Waals surface area contributed by atoms with Gasteiger partial charge in [-0.05, 0) is 37.6 Å². The van der Waals surface area contributed by atoms with Gasteiger partial charge in [0, 0.05) is 11.5 Å². The van der Waals surface area contributed by atoms with Crippen LogP contribution in [0.15, 0.2) is 22.7 Å². The summed E-state index contributed by atoms with van der Waals surface area (Å²) < 4.78 is 8.51. The van der Waals surface area contributed by atoms with Crippen molar-refractivity contribution in [1.29, 1.82) is 0 Å². The fourth-order valence-electron chi connectivity index (χ4n) is 1.82. The van der Waals surface area contributed by atoms with Gasteiger partial charge in [-0.2, -0.15) is 5.10 Å². The molecule has 0 atom stereocenters. The highest BCUT2D eigenvalue weighted by Crippen LogP contribution is 2.30. The first kappa shape index (κ1) is 13.1. The number of aliphatic hydroxyl groups excluding tert-OH is 1. The number of nitrogens with zero attached hydrogens (tertiary/aromatic N) is 2. The van der Waals surface area contributed by atoms with Gasteiger partial charge >= 0.3 is 0 Å². The molecular formula is C13H15BrN2O2. The summed E-state index contributed by atoms with van der Waals surface area (Å²) in [5, 5.41) is 13.6. The number of hydrogen-bond acceptors (Lipinski definition) is 3. The summed E-state index contributed by atoms with van der Waals surface area (Å²) in [7, 11) is 1.80. The third-order valence-corrected chi connectivity index (χ3v) is 3.28. The second-order valence-corrected chi connectivity index (χ2v) is 5.08. The first-order chi connectivity index (χ1) is 8.52. The van der Waals surface area contributed by atoms with Crippen LogP contribution in [0.25, 0.3) is 0 Å². The molecule has 96 valence electrons. The van der Waals surface area contributed by atoms with E-state index < -0.39 is 0 Å². The van der Waals surface area contributed by atoms with Crippen molar-refractivity contribution in [3.8, 4) is 11.6 Å². The summed E-state index contributed by atoms with van der Waals surface area (Å²) >= 11 is 3.42. The molecule has 0 aliphatic heterocycles. The first-order valence-electron chi connectivity index (χ1n) is 5.60. The molecule has 0 spiro atoms. The number of benzene rings is 1. The quantitative estimate of drug-likeness (QED) is 0.947. The molecule has 0 aliphatic rings. The molecule has 18 heavy (non-hydrogen) atoms. The summed E-state index contributed by atoms with van der Waals surface area (Å²) in [6, 6.07) is 5.80. The lowest BCUT2D eigenvalue weighted by Gasteiger charge is -2.10. The molecule has 2 rings (SSSR count). The summed E-state index contributed by atoms with van der Waals surface area (Å²) in [6.45, 7) is 3.75. The molecule has 1 aromatic heterocycles. The molecule has 1 aromatic carbocycles. The van der Waals surface area contributed by atoms with Crippen LogP contribution in [0.3, 0.4) is 0 Å². The average Bonchev–Trinajstić information content (AvgIpc) is 2.57. The summed E-state index contributed by atoms with van der Waals surface area (Å²) in [5.41, 5.74) is 2.52. The molecule has 0 radical (unpaired) electrons. The van der Waals surface area contributed by atoms with Crippen LogP contribution in [0.1, 0.15) is 16.8 Å². The van der Waals surface area contributed by atoms with Crippen molar-refractivity contribution in [1.82, 2.24) is 9.78 Å². The van der Waals surface area contributed by atoms with E-state index in [1.807, 2.05) is 32.0 Å². The average molecular weight is 311 g/mol. The maximum Gasteiger partial charge on any atom is 0.223 e. The number of aliphatic hydroxyl groups is 1. The van der Waals surface area contributed by atoms with Crippen molar-refractivity contribution in [3.05, 3.63) is 39.5 Å². The number of aromatic nitrogens is 2. The van der Waals surface area contributed by atoms with Crippen LogP contribution in [0.2, 0.25) is 0 Å². The highest BCUT2D eigenvalue weighted by atomic mass is 79.9. The van der Waals surface area contributed by atoms with E-state index in [9.17, 15) is 5.11 Å². The molecule has 5 heteroatoms. The van der Waals surface area contributed by atoms with Gasteiger partial charge in [0.05, 0.1) is 17.9 Å². The van der Waals surface area contributed by atoms with Crippen LogP contribution in [0.5, 0.6) is 11.6 Å². The molecule has 0 saturated heterocycles. The van der Waals surface area contributed by atoms with Crippen LogP contribution in [-0.2, 0) is 13.7 Å². The number of aryl methyl sites for hydroxylation is 3. The Morgan fingerprint density at radius 1 is 1.39 bits per heavy atom. The molecule has 0 saturated carbocycles. The van der Waals surface area contributed by atoms with E-state index in [0.717, 1.165) is 27.0 Å². The minimum atomic E-state index is -0.0788. The van der Waals surface area contributed by atoms with Gasteiger partial charge in [0.15, 0.2) is 0 Å². The van der Waals surface area contributed by atoms with E-state index in [1.54, 1.807) is 11.7 Å². The monoisotopic (exact) mass is 310 g/mol. The van der Waals surface area contributed by atoms with Gasteiger partial charge < -0.3 is 9.84 Å². The zero-order valence-electron chi connectivity index (χ0n) is 10.6. The van der Waals surface area contributed by atoms with Crippen LogP contribution in [-0.4, -0.2) is 14.9 Å². The Labute approximate surface area is 114 Å². The Morgan fingerprint density at radius 3 is 2.72 bits per heavy atom. The van der Waals surface area contributed by atoms with Crippen molar-refractivity contribution in [2.45, 2.75) is 20.5 Å². The van der Waals surface area contributed by atoms with Crippen molar-refractivity contribution < 1.29 is 9.84 Å². The molecule has 1 N–H and O–H groups in total. The lowest BCUT2D eigenvalue weighted by molar-refractivity contribution is 0.274. The zero-order valence-corrected chi connectivity index (χ0v) is 12.2. The van der Waals surface area contributed by atoms with E-state index in [0.29, 0.717) is 5.88 Å². The molecule has 4 nitrogen and oxygen atoms in total. The van der Waals surface area contributed by atoms with Gasteiger partial charge in [0.1, 0.15) is 5.75 Å². The summed E-state index contributed by atoms with van der Waals surface area (Å²) in [5.74, 6) is 1.34. The maximum absolute atomic E-state index is 9.36. The largest absolute Gasteiger partial charge is 0.439 e. The maximum atomic E-state index is 9.36. The van der Waals surface area contributed by atoms with E-state index >= 15 is 0 Å². The van der Waals surface area contributed by atoms with Gasteiger partial charge in [-0.1, -0.05) is 15.9 Å². The first-order valence-corrected chi connectivity index (χ1v) is 6.39. The standard InChI is InChI=1S/C13H15BrN2O2/c1-8-6-10(14)4-5-12(8)18-13-11(7-17)9(2)15-16(13)3/h4-6,17H,7H2,1-3H3. The zero-order chi connectivity index (χ0) is 13.3. The van der Waals surface area contributed by atoms with Crippen molar-refractivity contribution in [2.75, 3.05) is 0 Å². The van der Waals surface area contributed by atoms with Crippen molar-refractivity contribution in [3.63, 3.8) is 0 Å². The smallest absolute Gasteiger partial charge is 0.223 e. The number of halogens is 1. The summed E-state index contributed by atoms with van der Waals surface area (Å²) in [6.07, 6.45) is 0. The predicted octanol–water partition coefficient (Wildman–Crippen LogP) is 3.08. The van der Waals surface area contributed by atoms with Gasteiger partial charge in [-0.15, -0.1) is 0 Å². The second-order valence-electron chi connectivity index (χ2n) is 4.16. The molecule has 0 aliphatic carbocycles. The topological polar surface area (TPSA) is 47.3 Å². The minimum Gasteiger partial charge on any atom is -0.439 e. The Morgan fingerprint density at radius 2 is 2.11 bits per heavy atom. The molecule has 0 bridgehead atoms. The van der Waals surface area contributed by atoms with Gasteiger partial charge in [0.25, 0.3) is 0 Å². The van der Waals surface area contributed by atoms with E-state index in [4.69, 9.17) is 4.74 Å². The van der Waals surface area contributed by atoms with Crippen molar-refractivity contribution >= 4 is 15.9 Å². The fourth-order valence-corrected chi connectivity index (χ4v) is 2.30. The molecule has 0 fully saturated rings.